The number of nitrogens with one attached hydrogen (secondary N) is 2. The molecule has 1 saturated heterocycles. The second kappa shape index (κ2) is 8.82. The summed E-state index contributed by atoms with van der Waals surface area (Å²) in [7, 11) is 2.15. The molecule has 6 nitrogen and oxygen atoms in total. The van der Waals surface area contributed by atoms with Gasteiger partial charge < -0.3 is 15.5 Å². The summed E-state index contributed by atoms with van der Waals surface area (Å²) in [6, 6.07) is -0.183. The lowest BCUT2D eigenvalue weighted by molar-refractivity contribution is 0.246. The van der Waals surface area contributed by atoms with Gasteiger partial charge in [-0.05, 0) is 38.3 Å². The van der Waals surface area contributed by atoms with Crippen LogP contribution < -0.4 is 10.6 Å². The molecule has 0 radical (unpaired) electrons. The molecule has 1 aromatic heterocycles. The summed E-state index contributed by atoms with van der Waals surface area (Å²) in [5.74, 6) is 1.86. The van der Waals surface area contributed by atoms with Gasteiger partial charge in [-0.3, -0.25) is 0 Å². The van der Waals surface area contributed by atoms with Gasteiger partial charge in [-0.25, -0.2) is 14.8 Å². The monoisotopic (exact) mass is 319 g/mol. The summed E-state index contributed by atoms with van der Waals surface area (Å²) in [6.07, 6.45) is 7.86. The van der Waals surface area contributed by atoms with Crippen molar-refractivity contribution < 1.29 is 4.79 Å². The lowest BCUT2D eigenvalue weighted by Gasteiger charge is -2.20. The smallest absolute Gasteiger partial charge is 0.319 e. The van der Waals surface area contributed by atoms with Crippen LogP contribution in [-0.4, -0.2) is 47.6 Å². The van der Waals surface area contributed by atoms with Gasteiger partial charge in [-0.15, -0.1) is 0 Å². The zero-order valence-electron chi connectivity index (χ0n) is 14.5. The quantitative estimate of drug-likeness (QED) is 0.875. The number of carbonyl (C=O) groups is 1. The Balaban J connectivity index is 1.75. The third-order valence-electron chi connectivity index (χ3n) is 4.08. The van der Waals surface area contributed by atoms with E-state index in [1.165, 1.54) is 19.3 Å². The fourth-order valence-corrected chi connectivity index (χ4v) is 2.91. The fraction of sp³-hybridized carbons (Fsp3) is 0.706. The van der Waals surface area contributed by atoms with Crippen molar-refractivity contribution in [3.8, 4) is 0 Å². The zero-order valence-corrected chi connectivity index (χ0v) is 14.5. The van der Waals surface area contributed by atoms with Crippen LogP contribution in [0.3, 0.4) is 0 Å². The maximum atomic E-state index is 12.0. The van der Waals surface area contributed by atoms with Gasteiger partial charge in [0.1, 0.15) is 5.82 Å². The van der Waals surface area contributed by atoms with E-state index in [1.54, 1.807) is 12.4 Å². The molecule has 0 aliphatic carbocycles. The van der Waals surface area contributed by atoms with Gasteiger partial charge in [0.25, 0.3) is 0 Å². The number of rotatable bonds is 5. The van der Waals surface area contributed by atoms with Gasteiger partial charge in [0, 0.05) is 19.5 Å². The standard InChI is InChI=1S/C17H29N5O/c1-13(2)8-16-18-10-15(11-19-16)21-17(23)20-9-14-6-4-5-7-22(3)12-14/h10-11,13-14H,4-9,12H2,1-3H3,(H2,20,21,23). The molecular formula is C17H29N5O. The van der Waals surface area contributed by atoms with Crippen molar-refractivity contribution in [2.75, 3.05) is 32.0 Å². The molecule has 1 fully saturated rings. The highest BCUT2D eigenvalue weighted by atomic mass is 16.2. The summed E-state index contributed by atoms with van der Waals surface area (Å²) in [4.78, 5) is 22.9. The minimum atomic E-state index is -0.183. The van der Waals surface area contributed by atoms with Crippen molar-refractivity contribution in [3.05, 3.63) is 18.2 Å². The lowest BCUT2D eigenvalue weighted by Crippen LogP contribution is -2.36. The second-order valence-corrected chi connectivity index (χ2v) is 6.95. The molecule has 1 unspecified atom stereocenters. The van der Waals surface area contributed by atoms with Gasteiger partial charge >= 0.3 is 6.03 Å². The van der Waals surface area contributed by atoms with E-state index in [0.717, 1.165) is 25.3 Å². The summed E-state index contributed by atoms with van der Waals surface area (Å²) in [5.41, 5.74) is 0.632. The molecule has 0 spiro atoms. The third kappa shape index (κ3) is 6.52. The van der Waals surface area contributed by atoms with Crippen molar-refractivity contribution in [2.24, 2.45) is 11.8 Å². The number of anilines is 1. The van der Waals surface area contributed by atoms with Crippen LogP contribution in [0, 0.1) is 11.8 Å². The van der Waals surface area contributed by atoms with Crippen molar-refractivity contribution >= 4 is 11.7 Å². The van der Waals surface area contributed by atoms with Gasteiger partial charge in [0.2, 0.25) is 0 Å². The van der Waals surface area contributed by atoms with E-state index in [2.05, 4.69) is 46.4 Å². The van der Waals surface area contributed by atoms with E-state index in [4.69, 9.17) is 0 Å². The van der Waals surface area contributed by atoms with Crippen LogP contribution in [0.5, 0.6) is 0 Å². The van der Waals surface area contributed by atoms with E-state index in [-0.39, 0.29) is 6.03 Å². The average Bonchev–Trinajstić information content (AvgIpc) is 2.71. The maximum Gasteiger partial charge on any atom is 0.319 e. The van der Waals surface area contributed by atoms with Gasteiger partial charge in [0.05, 0.1) is 18.1 Å². The van der Waals surface area contributed by atoms with Crippen molar-refractivity contribution in [1.82, 2.24) is 20.2 Å². The summed E-state index contributed by atoms with van der Waals surface area (Å²) >= 11 is 0. The molecule has 1 aliphatic heterocycles. The Bertz CT molecular complexity index is 488. The number of urea groups is 1. The minimum Gasteiger partial charge on any atom is -0.338 e. The predicted octanol–water partition coefficient (Wildman–Crippen LogP) is 2.53. The molecule has 23 heavy (non-hydrogen) atoms. The Morgan fingerprint density at radius 3 is 2.78 bits per heavy atom. The Morgan fingerprint density at radius 2 is 2.09 bits per heavy atom. The first kappa shape index (κ1) is 17.7. The molecule has 2 amide bonds. The van der Waals surface area contributed by atoms with Crippen LogP contribution >= 0.6 is 0 Å². The van der Waals surface area contributed by atoms with E-state index in [0.29, 0.717) is 24.1 Å². The fourth-order valence-electron chi connectivity index (χ4n) is 2.91. The zero-order chi connectivity index (χ0) is 16.7. The van der Waals surface area contributed by atoms with E-state index < -0.39 is 0 Å². The van der Waals surface area contributed by atoms with Crippen LogP contribution in [-0.2, 0) is 6.42 Å². The third-order valence-corrected chi connectivity index (χ3v) is 4.08. The Kier molecular flexibility index (Phi) is 6.77. The van der Waals surface area contributed by atoms with E-state index in [9.17, 15) is 4.79 Å². The van der Waals surface area contributed by atoms with Gasteiger partial charge in [-0.2, -0.15) is 0 Å². The Labute approximate surface area is 139 Å². The molecule has 1 aromatic rings. The largest absolute Gasteiger partial charge is 0.338 e. The lowest BCUT2D eigenvalue weighted by atomic mass is 10.0. The Hall–Kier alpha value is -1.69. The number of carbonyl (C=O) groups excluding carboxylic acids is 1. The highest BCUT2D eigenvalue weighted by Crippen LogP contribution is 2.14. The first-order chi connectivity index (χ1) is 11.0. The number of amides is 2. The summed E-state index contributed by atoms with van der Waals surface area (Å²) in [5, 5.41) is 5.76. The maximum absolute atomic E-state index is 12.0. The molecule has 0 aromatic carbocycles. The average molecular weight is 319 g/mol. The molecule has 2 N–H and O–H groups in total. The molecule has 6 heteroatoms. The van der Waals surface area contributed by atoms with Crippen molar-refractivity contribution in [2.45, 2.75) is 39.5 Å². The molecule has 128 valence electrons. The molecule has 2 rings (SSSR count). The highest BCUT2D eigenvalue weighted by molar-refractivity contribution is 5.88. The van der Waals surface area contributed by atoms with Crippen molar-refractivity contribution in [3.63, 3.8) is 0 Å². The highest BCUT2D eigenvalue weighted by Gasteiger charge is 2.16. The van der Waals surface area contributed by atoms with E-state index >= 15 is 0 Å². The number of aromatic nitrogens is 2. The minimum absolute atomic E-state index is 0.183. The van der Waals surface area contributed by atoms with Crippen LogP contribution in [0.1, 0.15) is 38.9 Å². The molecular weight excluding hydrogens is 290 g/mol. The second-order valence-electron chi connectivity index (χ2n) is 6.95. The topological polar surface area (TPSA) is 70.2 Å². The van der Waals surface area contributed by atoms with Crippen LogP contribution in [0.25, 0.3) is 0 Å². The summed E-state index contributed by atoms with van der Waals surface area (Å²) in [6.45, 7) is 7.18. The normalized spacial score (nSPS) is 19.4. The Morgan fingerprint density at radius 1 is 1.35 bits per heavy atom. The van der Waals surface area contributed by atoms with Gasteiger partial charge in [-0.1, -0.05) is 20.3 Å². The number of hydrogen-bond acceptors (Lipinski definition) is 4. The number of nitrogens with zero attached hydrogens (tertiary/aromatic N) is 3. The first-order valence-corrected chi connectivity index (χ1v) is 8.57. The molecule has 0 bridgehead atoms. The number of likely N-dealkylation sites (tertiary alicyclic amines) is 1. The SMILES string of the molecule is CC(C)Cc1ncc(NC(=O)NCC2CCCCN(C)C2)cn1. The molecule has 2 heterocycles. The first-order valence-electron chi connectivity index (χ1n) is 8.57. The van der Waals surface area contributed by atoms with Crippen molar-refractivity contribution in [1.29, 1.82) is 0 Å². The summed E-state index contributed by atoms with van der Waals surface area (Å²) < 4.78 is 0. The predicted molar refractivity (Wildman–Crippen MR) is 92.4 cm³/mol. The molecule has 1 atom stereocenters. The molecule has 0 saturated carbocycles. The van der Waals surface area contributed by atoms with Crippen LogP contribution in [0.15, 0.2) is 12.4 Å². The van der Waals surface area contributed by atoms with Crippen LogP contribution in [0.2, 0.25) is 0 Å². The molecule has 1 aliphatic rings. The van der Waals surface area contributed by atoms with E-state index in [1.807, 2.05) is 0 Å². The van der Waals surface area contributed by atoms with Crippen LogP contribution in [0.4, 0.5) is 10.5 Å². The number of hydrogen-bond donors (Lipinski definition) is 2. The van der Waals surface area contributed by atoms with Gasteiger partial charge in [0.15, 0.2) is 0 Å².